The molecule has 0 spiro atoms. The highest BCUT2D eigenvalue weighted by Gasteiger charge is 2.30. The minimum atomic E-state index is -4.16. The average molecular weight is 494 g/mol. The van der Waals surface area contributed by atoms with Gasteiger partial charge in [-0.15, -0.1) is 0 Å². The predicted octanol–water partition coefficient (Wildman–Crippen LogP) is 1.80. The summed E-state index contributed by atoms with van der Waals surface area (Å²) >= 11 is 0. The van der Waals surface area contributed by atoms with Crippen LogP contribution in [0.25, 0.3) is 0 Å². The molecule has 1 N–H and O–H groups in total. The summed E-state index contributed by atoms with van der Waals surface area (Å²) in [6.45, 7) is 0.946. The molecule has 4 rings (SSSR count). The van der Waals surface area contributed by atoms with E-state index in [4.69, 9.17) is 18.9 Å². The maximum absolute atomic E-state index is 14.3. The molecule has 2 aromatic carbocycles. The van der Waals surface area contributed by atoms with Crippen LogP contribution in [0.3, 0.4) is 0 Å². The van der Waals surface area contributed by atoms with Crippen molar-refractivity contribution in [1.82, 2.24) is 4.31 Å². The number of rotatable bonds is 6. The number of carbonyl (C=O) groups is 2. The molecule has 0 atom stereocenters. The Labute approximate surface area is 195 Å². The summed E-state index contributed by atoms with van der Waals surface area (Å²) < 4.78 is 62.2. The summed E-state index contributed by atoms with van der Waals surface area (Å²) in [5.74, 6) is -1.51. The minimum absolute atomic E-state index is 0.0798. The number of anilines is 1. The number of nitrogens with one attached hydrogen (secondary N) is 1. The number of carbonyl (C=O) groups excluding carboxylic acids is 2. The Morgan fingerprint density at radius 1 is 1.00 bits per heavy atom. The summed E-state index contributed by atoms with van der Waals surface area (Å²) in [5.41, 5.74) is 0.225. The molecule has 0 bridgehead atoms. The second-order valence-corrected chi connectivity index (χ2v) is 9.40. The lowest BCUT2D eigenvalue weighted by molar-refractivity contribution is -0.119. The van der Waals surface area contributed by atoms with Crippen LogP contribution in [-0.2, 0) is 24.3 Å². The molecule has 34 heavy (non-hydrogen) atoms. The third-order valence-corrected chi connectivity index (χ3v) is 7.03. The zero-order valence-corrected chi connectivity index (χ0v) is 18.9. The molecule has 0 saturated carbocycles. The number of hydrogen-bond acceptors (Lipinski definition) is 8. The van der Waals surface area contributed by atoms with Gasteiger partial charge in [-0.05, 0) is 30.3 Å². The number of halogens is 1. The van der Waals surface area contributed by atoms with Gasteiger partial charge in [0.25, 0.3) is 5.91 Å². The van der Waals surface area contributed by atoms with Crippen LogP contribution in [0.4, 0.5) is 10.1 Å². The monoisotopic (exact) mass is 494 g/mol. The number of ether oxygens (including phenoxy) is 4. The van der Waals surface area contributed by atoms with Crippen molar-refractivity contribution >= 4 is 27.6 Å². The van der Waals surface area contributed by atoms with E-state index in [1.807, 2.05) is 0 Å². The third-order valence-electron chi connectivity index (χ3n) is 5.12. The number of nitrogens with zero attached hydrogens (tertiary/aromatic N) is 1. The minimum Gasteiger partial charge on any atom is -0.490 e. The van der Waals surface area contributed by atoms with Crippen LogP contribution in [0.1, 0.15) is 16.8 Å². The van der Waals surface area contributed by atoms with Crippen molar-refractivity contribution < 1.29 is 41.3 Å². The number of hydrogen-bond donors (Lipinski definition) is 1. The van der Waals surface area contributed by atoms with Crippen LogP contribution >= 0.6 is 0 Å². The molecule has 2 heterocycles. The highest BCUT2D eigenvalue weighted by molar-refractivity contribution is 7.89. The Bertz CT molecular complexity index is 1180. The number of sulfonamides is 1. The van der Waals surface area contributed by atoms with Crippen LogP contribution in [0, 0.1) is 5.82 Å². The number of esters is 1. The zero-order valence-electron chi connectivity index (χ0n) is 18.1. The van der Waals surface area contributed by atoms with Gasteiger partial charge in [-0.1, -0.05) is 0 Å². The van der Waals surface area contributed by atoms with Gasteiger partial charge in [-0.2, -0.15) is 4.31 Å². The highest BCUT2D eigenvalue weighted by atomic mass is 32.2. The lowest BCUT2D eigenvalue weighted by Gasteiger charge is -2.26. The van der Waals surface area contributed by atoms with Gasteiger partial charge in [0.1, 0.15) is 10.7 Å². The highest BCUT2D eigenvalue weighted by Crippen LogP contribution is 2.32. The molecule has 2 aliphatic rings. The normalized spacial score (nSPS) is 16.4. The summed E-state index contributed by atoms with van der Waals surface area (Å²) in [7, 11) is -4.16. The second-order valence-electron chi connectivity index (χ2n) is 7.50. The smallest absolute Gasteiger partial charge is 0.338 e. The molecule has 1 amide bonds. The SMILES string of the molecule is O=C(COC(=O)c1ccc(F)c(S(=O)(=O)N2CCOCC2)c1)Nc1ccc2c(c1)OCCCO2. The van der Waals surface area contributed by atoms with Crippen LogP contribution in [-0.4, -0.2) is 70.7 Å². The quantitative estimate of drug-likeness (QED) is 0.604. The van der Waals surface area contributed by atoms with E-state index in [-0.39, 0.29) is 31.9 Å². The van der Waals surface area contributed by atoms with Gasteiger partial charge < -0.3 is 24.3 Å². The average Bonchev–Trinajstić information content (AvgIpc) is 3.08. The molecular weight excluding hydrogens is 471 g/mol. The van der Waals surface area contributed by atoms with Gasteiger partial charge in [0.15, 0.2) is 18.1 Å². The van der Waals surface area contributed by atoms with Gasteiger partial charge in [0, 0.05) is 31.3 Å². The topological polar surface area (TPSA) is 120 Å². The summed E-state index contributed by atoms with van der Waals surface area (Å²) in [4.78, 5) is 24.0. The van der Waals surface area contributed by atoms with E-state index in [1.165, 1.54) is 0 Å². The Balaban J connectivity index is 1.39. The fraction of sp³-hybridized carbons (Fsp3) is 0.364. The first-order valence-corrected chi connectivity index (χ1v) is 12.0. The van der Waals surface area contributed by atoms with Crippen molar-refractivity contribution in [3.8, 4) is 11.5 Å². The molecule has 0 aromatic heterocycles. The van der Waals surface area contributed by atoms with Gasteiger partial charge >= 0.3 is 5.97 Å². The number of fused-ring (bicyclic) bond motifs is 1. The number of morpholine rings is 1. The largest absolute Gasteiger partial charge is 0.490 e. The van der Waals surface area contributed by atoms with Crippen molar-refractivity contribution in [3.63, 3.8) is 0 Å². The maximum Gasteiger partial charge on any atom is 0.338 e. The number of amides is 1. The van der Waals surface area contributed by atoms with E-state index >= 15 is 0 Å². The van der Waals surface area contributed by atoms with E-state index in [9.17, 15) is 22.4 Å². The maximum atomic E-state index is 14.3. The van der Waals surface area contributed by atoms with Crippen molar-refractivity contribution in [2.75, 3.05) is 51.4 Å². The first-order valence-electron chi connectivity index (χ1n) is 10.6. The predicted molar refractivity (Wildman–Crippen MR) is 117 cm³/mol. The van der Waals surface area contributed by atoms with E-state index in [1.54, 1.807) is 18.2 Å². The van der Waals surface area contributed by atoms with Crippen LogP contribution in [0.5, 0.6) is 11.5 Å². The van der Waals surface area contributed by atoms with Crippen molar-refractivity contribution in [3.05, 3.63) is 47.8 Å². The Hall–Kier alpha value is -3.22. The van der Waals surface area contributed by atoms with Gasteiger partial charge in [0.05, 0.1) is 32.0 Å². The van der Waals surface area contributed by atoms with E-state index < -0.39 is 39.2 Å². The van der Waals surface area contributed by atoms with Crippen LogP contribution in [0.15, 0.2) is 41.3 Å². The second kappa shape index (κ2) is 10.4. The molecule has 0 unspecified atom stereocenters. The summed E-state index contributed by atoms with van der Waals surface area (Å²) in [5, 5.41) is 2.58. The zero-order chi connectivity index (χ0) is 24.1. The Morgan fingerprint density at radius 3 is 2.50 bits per heavy atom. The molecule has 12 heteroatoms. The molecule has 10 nitrogen and oxygen atoms in total. The fourth-order valence-corrected chi connectivity index (χ4v) is 4.90. The Kier molecular flexibility index (Phi) is 7.29. The first-order chi connectivity index (χ1) is 16.3. The number of benzene rings is 2. The molecule has 2 aromatic rings. The lowest BCUT2D eigenvalue weighted by Crippen LogP contribution is -2.41. The van der Waals surface area contributed by atoms with Crippen molar-refractivity contribution in [1.29, 1.82) is 0 Å². The Morgan fingerprint density at radius 2 is 1.74 bits per heavy atom. The van der Waals surface area contributed by atoms with Crippen LogP contribution < -0.4 is 14.8 Å². The molecular formula is C22H23FN2O8S. The molecule has 1 fully saturated rings. The van der Waals surface area contributed by atoms with Gasteiger partial charge in [0.2, 0.25) is 10.0 Å². The molecule has 0 radical (unpaired) electrons. The van der Waals surface area contributed by atoms with Crippen molar-refractivity contribution in [2.24, 2.45) is 0 Å². The first kappa shape index (κ1) is 23.9. The molecule has 0 aliphatic carbocycles. The molecule has 1 saturated heterocycles. The van der Waals surface area contributed by atoms with Crippen LogP contribution in [0.2, 0.25) is 0 Å². The van der Waals surface area contributed by atoms with Gasteiger partial charge in [-0.25, -0.2) is 17.6 Å². The van der Waals surface area contributed by atoms with E-state index in [0.717, 1.165) is 28.9 Å². The third kappa shape index (κ3) is 5.46. The molecule has 2 aliphatic heterocycles. The molecule has 182 valence electrons. The van der Waals surface area contributed by atoms with E-state index in [2.05, 4.69) is 5.32 Å². The lowest BCUT2D eigenvalue weighted by atomic mass is 10.2. The van der Waals surface area contributed by atoms with Crippen molar-refractivity contribution in [2.45, 2.75) is 11.3 Å². The fourth-order valence-electron chi connectivity index (χ4n) is 3.41. The summed E-state index contributed by atoms with van der Waals surface area (Å²) in [6.07, 6.45) is 0.741. The standard InChI is InChI=1S/C22H23FN2O8S/c23-17-4-2-15(12-20(17)34(28,29)25-6-10-30-11-7-25)22(27)33-14-21(26)24-16-3-5-18-19(13-16)32-9-1-8-31-18/h2-5,12-13H,1,6-11,14H2,(H,24,26). The summed E-state index contributed by atoms with van der Waals surface area (Å²) in [6, 6.07) is 7.76. The van der Waals surface area contributed by atoms with E-state index in [0.29, 0.717) is 30.4 Å². The van der Waals surface area contributed by atoms with Gasteiger partial charge in [-0.3, -0.25) is 4.79 Å².